The third-order valence-electron chi connectivity index (χ3n) is 3.97. The topological polar surface area (TPSA) is 80.0 Å². The number of aliphatic hydroxyl groups is 1. The van der Waals surface area contributed by atoms with Crippen molar-refractivity contribution in [3.63, 3.8) is 0 Å². The highest BCUT2D eigenvalue weighted by Crippen LogP contribution is 2.18. The second-order valence-corrected chi connectivity index (χ2v) is 6.68. The molecule has 1 heterocycles. The lowest BCUT2D eigenvalue weighted by Gasteiger charge is -2.20. The number of benzene rings is 1. The maximum absolute atomic E-state index is 13.5. The lowest BCUT2D eigenvalue weighted by Crippen LogP contribution is -2.39. The number of aliphatic hydroxyl groups excluding tert-OH is 1. The Morgan fingerprint density at radius 2 is 2.04 bits per heavy atom. The molecular formula is C18H25FN4O2. The predicted molar refractivity (Wildman–Crippen MR) is 93.2 cm³/mol. The average Bonchev–Trinajstić information content (AvgIpc) is 3.00. The Morgan fingerprint density at radius 3 is 2.60 bits per heavy atom. The number of aromatic nitrogens is 3. The number of carbonyl (C=O) groups is 1. The molecule has 0 radical (unpaired) electrons. The van der Waals surface area contributed by atoms with Gasteiger partial charge in [0, 0.05) is 18.6 Å². The van der Waals surface area contributed by atoms with E-state index in [0.717, 1.165) is 0 Å². The molecule has 0 bridgehead atoms. The van der Waals surface area contributed by atoms with Gasteiger partial charge in [-0.3, -0.25) is 4.79 Å². The predicted octanol–water partition coefficient (Wildman–Crippen LogP) is 2.67. The van der Waals surface area contributed by atoms with E-state index in [2.05, 4.69) is 15.4 Å². The molecule has 1 amide bonds. The van der Waals surface area contributed by atoms with E-state index in [1.165, 1.54) is 16.8 Å². The number of nitrogens with zero attached hydrogens (tertiary/aromatic N) is 3. The quantitative estimate of drug-likeness (QED) is 0.806. The Morgan fingerprint density at radius 1 is 1.32 bits per heavy atom. The third kappa shape index (κ3) is 4.63. The molecule has 1 aromatic carbocycles. The van der Waals surface area contributed by atoms with Gasteiger partial charge in [-0.15, -0.1) is 5.10 Å². The molecule has 0 spiro atoms. The van der Waals surface area contributed by atoms with Crippen LogP contribution in [0, 0.1) is 11.7 Å². The van der Waals surface area contributed by atoms with Gasteiger partial charge < -0.3 is 10.4 Å². The number of amides is 1. The van der Waals surface area contributed by atoms with E-state index in [9.17, 15) is 9.18 Å². The van der Waals surface area contributed by atoms with Crippen LogP contribution in [0.1, 0.15) is 56.5 Å². The summed E-state index contributed by atoms with van der Waals surface area (Å²) in [7, 11) is 0. The summed E-state index contributed by atoms with van der Waals surface area (Å²) in [5, 5.41) is 16.3. The van der Waals surface area contributed by atoms with E-state index in [4.69, 9.17) is 5.11 Å². The molecule has 2 rings (SSSR count). The van der Waals surface area contributed by atoms with Crippen molar-refractivity contribution < 1.29 is 14.3 Å². The molecular weight excluding hydrogens is 323 g/mol. The fourth-order valence-corrected chi connectivity index (χ4v) is 2.54. The molecule has 1 unspecified atom stereocenters. The maximum Gasteiger partial charge on any atom is 0.291 e. The van der Waals surface area contributed by atoms with Gasteiger partial charge in [-0.05, 0) is 30.5 Å². The van der Waals surface area contributed by atoms with Gasteiger partial charge in [0.25, 0.3) is 5.91 Å². The first-order valence-electron chi connectivity index (χ1n) is 8.48. The molecule has 1 atom stereocenters. The first kappa shape index (κ1) is 19.1. The highest BCUT2D eigenvalue weighted by molar-refractivity contribution is 5.90. The summed E-state index contributed by atoms with van der Waals surface area (Å²) in [4.78, 5) is 16.9. The number of rotatable bonds is 7. The van der Waals surface area contributed by atoms with Gasteiger partial charge in [0.1, 0.15) is 11.6 Å². The van der Waals surface area contributed by atoms with E-state index in [-0.39, 0.29) is 36.1 Å². The van der Waals surface area contributed by atoms with Crippen molar-refractivity contribution in [3.05, 3.63) is 41.7 Å². The van der Waals surface area contributed by atoms with Crippen LogP contribution in [0.5, 0.6) is 0 Å². The summed E-state index contributed by atoms with van der Waals surface area (Å²) in [5.41, 5.74) is 0.519. The molecule has 136 valence electrons. The Labute approximate surface area is 147 Å². The van der Waals surface area contributed by atoms with Crippen molar-refractivity contribution in [2.45, 2.75) is 46.1 Å². The van der Waals surface area contributed by atoms with Crippen molar-refractivity contribution in [3.8, 4) is 5.69 Å². The van der Waals surface area contributed by atoms with Crippen molar-refractivity contribution in [2.24, 2.45) is 5.92 Å². The van der Waals surface area contributed by atoms with Crippen LogP contribution in [0.3, 0.4) is 0 Å². The maximum atomic E-state index is 13.5. The largest absolute Gasteiger partial charge is 0.396 e. The molecule has 2 aromatic rings. The first-order chi connectivity index (χ1) is 11.8. The normalized spacial score (nSPS) is 12.6. The molecule has 0 saturated carbocycles. The third-order valence-corrected chi connectivity index (χ3v) is 3.97. The van der Waals surface area contributed by atoms with E-state index < -0.39 is 5.91 Å². The Hall–Kier alpha value is -2.28. The molecule has 0 aliphatic carbocycles. The van der Waals surface area contributed by atoms with Gasteiger partial charge >= 0.3 is 0 Å². The summed E-state index contributed by atoms with van der Waals surface area (Å²) in [6.07, 6.45) is 0.463. The van der Waals surface area contributed by atoms with E-state index >= 15 is 0 Å². The molecule has 0 saturated heterocycles. The molecule has 1 aromatic heterocycles. The zero-order chi connectivity index (χ0) is 18.6. The van der Waals surface area contributed by atoms with Gasteiger partial charge in [-0.2, -0.15) is 0 Å². The van der Waals surface area contributed by atoms with E-state index in [0.29, 0.717) is 17.9 Å². The zero-order valence-electron chi connectivity index (χ0n) is 15.0. The summed E-state index contributed by atoms with van der Waals surface area (Å²) in [6, 6.07) is 5.84. The minimum atomic E-state index is -0.399. The van der Waals surface area contributed by atoms with E-state index in [1.807, 2.05) is 27.7 Å². The number of hydrogen-bond donors (Lipinski definition) is 2. The van der Waals surface area contributed by atoms with E-state index in [1.54, 1.807) is 12.1 Å². The van der Waals surface area contributed by atoms with Crippen LogP contribution in [-0.4, -0.2) is 38.4 Å². The van der Waals surface area contributed by atoms with Gasteiger partial charge in [0.2, 0.25) is 5.82 Å². The van der Waals surface area contributed by atoms with Gasteiger partial charge in [0.05, 0.1) is 5.69 Å². The molecule has 7 heteroatoms. The lowest BCUT2D eigenvalue weighted by molar-refractivity contribution is 0.0906. The number of halogens is 1. The summed E-state index contributed by atoms with van der Waals surface area (Å²) < 4.78 is 15.0. The van der Waals surface area contributed by atoms with Gasteiger partial charge in [0.15, 0.2) is 0 Å². The zero-order valence-corrected chi connectivity index (χ0v) is 15.0. The van der Waals surface area contributed by atoms with Crippen LogP contribution < -0.4 is 5.32 Å². The number of carbonyl (C=O) groups excluding carboxylic acids is 1. The molecule has 0 aliphatic heterocycles. The highest BCUT2D eigenvalue weighted by atomic mass is 19.1. The second-order valence-electron chi connectivity index (χ2n) is 6.68. The first-order valence-corrected chi connectivity index (χ1v) is 8.48. The smallest absolute Gasteiger partial charge is 0.291 e. The van der Waals surface area contributed by atoms with Gasteiger partial charge in [-0.1, -0.05) is 33.8 Å². The fourth-order valence-electron chi connectivity index (χ4n) is 2.54. The SMILES string of the molecule is CC(C)c1nc(C(=O)NC(CCO)C(C)C)nn1-c1cccc(F)c1. The molecule has 2 N–H and O–H groups in total. The monoisotopic (exact) mass is 348 g/mol. The lowest BCUT2D eigenvalue weighted by atomic mass is 10.0. The van der Waals surface area contributed by atoms with Crippen LogP contribution in [0.15, 0.2) is 24.3 Å². The number of hydrogen-bond acceptors (Lipinski definition) is 4. The van der Waals surface area contributed by atoms with Crippen molar-refractivity contribution in [2.75, 3.05) is 6.61 Å². The van der Waals surface area contributed by atoms with Crippen molar-refractivity contribution in [1.29, 1.82) is 0 Å². The summed E-state index contributed by atoms with van der Waals surface area (Å²) in [6.45, 7) is 7.80. The van der Waals surface area contributed by atoms with Crippen LogP contribution in [0.2, 0.25) is 0 Å². The Balaban J connectivity index is 2.33. The molecule has 0 aliphatic rings. The highest BCUT2D eigenvalue weighted by Gasteiger charge is 2.23. The van der Waals surface area contributed by atoms with Crippen LogP contribution in [0.25, 0.3) is 5.69 Å². The fraction of sp³-hybridized carbons (Fsp3) is 0.500. The van der Waals surface area contributed by atoms with Crippen LogP contribution in [-0.2, 0) is 0 Å². The van der Waals surface area contributed by atoms with Crippen LogP contribution in [0.4, 0.5) is 4.39 Å². The summed E-state index contributed by atoms with van der Waals surface area (Å²) in [5.74, 6) is 0.0258. The standard InChI is InChI=1S/C18H25FN4O2/c1-11(2)15(8-9-24)20-18(25)16-21-17(12(3)4)23(22-16)14-7-5-6-13(19)10-14/h5-7,10-12,15,24H,8-9H2,1-4H3,(H,20,25). The molecule has 0 fully saturated rings. The minimum Gasteiger partial charge on any atom is -0.396 e. The van der Waals surface area contributed by atoms with Gasteiger partial charge in [-0.25, -0.2) is 14.1 Å². The number of nitrogens with one attached hydrogen (secondary N) is 1. The molecule has 25 heavy (non-hydrogen) atoms. The second kappa shape index (κ2) is 8.20. The minimum absolute atomic E-state index is 0.00840. The van der Waals surface area contributed by atoms with Crippen molar-refractivity contribution in [1.82, 2.24) is 20.1 Å². The Kier molecular flexibility index (Phi) is 6.25. The molecule has 6 nitrogen and oxygen atoms in total. The van der Waals surface area contributed by atoms with Crippen LogP contribution >= 0.6 is 0 Å². The summed E-state index contributed by atoms with van der Waals surface area (Å²) >= 11 is 0. The van der Waals surface area contributed by atoms with Crippen molar-refractivity contribution >= 4 is 5.91 Å². The Bertz CT molecular complexity index is 728. The average molecular weight is 348 g/mol.